The van der Waals surface area contributed by atoms with Gasteiger partial charge in [0, 0.05) is 74.5 Å². The number of para-hydroxylation sites is 2. The molecule has 4 heterocycles. The van der Waals surface area contributed by atoms with Gasteiger partial charge in [-0.05, 0) is 110 Å². The maximum Gasteiger partial charge on any atom is 0.415 e. The molecule has 55 heavy (non-hydrogen) atoms. The van der Waals surface area contributed by atoms with Gasteiger partial charge in [0.15, 0.2) is 0 Å². The van der Waals surface area contributed by atoms with Gasteiger partial charge in [0.1, 0.15) is 5.75 Å². The van der Waals surface area contributed by atoms with Crippen molar-refractivity contribution in [3.63, 3.8) is 0 Å². The highest BCUT2D eigenvalue weighted by atomic mass is 16.6. The number of aromatic nitrogens is 1. The highest BCUT2D eigenvalue weighted by molar-refractivity contribution is 6.08. The van der Waals surface area contributed by atoms with Crippen molar-refractivity contribution >= 4 is 23.6 Å². The van der Waals surface area contributed by atoms with Gasteiger partial charge in [-0.2, -0.15) is 0 Å². The fourth-order valence-corrected chi connectivity index (χ4v) is 8.51. The van der Waals surface area contributed by atoms with Crippen LogP contribution in [0.4, 0.5) is 10.5 Å². The molecule has 1 saturated heterocycles. The molecule has 0 aliphatic carbocycles. The molecule has 0 saturated carbocycles. The highest BCUT2D eigenvalue weighted by Gasteiger charge is 2.35. The maximum absolute atomic E-state index is 15.3. The standard InChI is InChI=1S/C46H49N5O4/c1-32-40(44(52)48(3)37-17-7-4-8-18-37)28-43(47(32)2)41-26-34-21-24-50(46(54)55-39-19-9-5-10-20-39)29-36(34)27-42(41)45(53)51-30-35-16-12-11-15-33(35)25-38(51)31-49-22-13-6-14-23-49/h4-5,7-12,15-20,26-28,38H,6,13-14,21-25,29-31H2,1-3H3/t38-/m0/s1. The molecule has 5 aromatic rings. The van der Waals surface area contributed by atoms with E-state index in [1.165, 1.54) is 30.4 Å². The van der Waals surface area contributed by atoms with Crippen LogP contribution in [0, 0.1) is 6.92 Å². The summed E-state index contributed by atoms with van der Waals surface area (Å²) in [5.74, 6) is 0.349. The van der Waals surface area contributed by atoms with Crippen LogP contribution in [-0.2, 0) is 33.0 Å². The Morgan fingerprint density at radius 1 is 0.745 bits per heavy atom. The van der Waals surface area contributed by atoms with Crippen LogP contribution in [0.2, 0.25) is 0 Å². The molecule has 3 amide bonds. The van der Waals surface area contributed by atoms with Crippen molar-refractivity contribution in [1.29, 1.82) is 0 Å². The van der Waals surface area contributed by atoms with Crippen LogP contribution in [-0.4, -0.2) is 76.4 Å². The molecule has 0 spiro atoms. The van der Waals surface area contributed by atoms with E-state index in [-0.39, 0.29) is 17.9 Å². The Kier molecular flexibility index (Phi) is 10.3. The fraction of sp³-hybridized carbons (Fsp3) is 0.326. The lowest BCUT2D eigenvalue weighted by Gasteiger charge is -2.41. The van der Waals surface area contributed by atoms with Gasteiger partial charge in [-0.3, -0.25) is 9.59 Å². The van der Waals surface area contributed by atoms with Crippen molar-refractivity contribution in [2.24, 2.45) is 7.05 Å². The van der Waals surface area contributed by atoms with Gasteiger partial charge in [0.2, 0.25) is 0 Å². The van der Waals surface area contributed by atoms with E-state index in [2.05, 4.69) is 40.1 Å². The molecule has 0 unspecified atom stereocenters. The molecule has 8 rings (SSSR count). The second kappa shape index (κ2) is 15.6. The number of hydrogen-bond acceptors (Lipinski definition) is 5. The van der Waals surface area contributed by atoms with Gasteiger partial charge in [0.25, 0.3) is 11.8 Å². The van der Waals surface area contributed by atoms with Crippen LogP contribution in [0.15, 0.2) is 103 Å². The minimum Gasteiger partial charge on any atom is -0.410 e. The van der Waals surface area contributed by atoms with E-state index in [1.807, 2.05) is 79.2 Å². The first-order valence-corrected chi connectivity index (χ1v) is 19.5. The lowest BCUT2D eigenvalue weighted by molar-refractivity contribution is 0.0566. The Labute approximate surface area is 323 Å². The minimum atomic E-state index is -0.410. The van der Waals surface area contributed by atoms with E-state index in [9.17, 15) is 9.59 Å². The number of carbonyl (C=O) groups excluding carboxylic acids is 3. The van der Waals surface area contributed by atoms with E-state index in [1.54, 1.807) is 29.0 Å². The minimum absolute atomic E-state index is 0.00791. The van der Waals surface area contributed by atoms with Crippen LogP contribution in [0.25, 0.3) is 11.3 Å². The van der Waals surface area contributed by atoms with E-state index in [0.29, 0.717) is 42.9 Å². The highest BCUT2D eigenvalue weighted by Crippen LogP contribution is 2.36. The van der Waals surface area contributed by atoms with E-state index in [0.717, 1.165) is 59.8 Å². The lowest BCUT2D eigenvalue weighted by atomic mass is 9.89. The third-order valence-corrected chi connectivity index (χ3v) is 11.8. The summed E-state index contributed by atoms with van der Waals surface area (Å²) in [5, 5.41) is 0. The van der Waals surface area contributed by atoms with Crippen LogP contribution >= 0.6 is 0 Å². The fourth-order valence-electron chi connectivity index (χ4n) is 8.51. The summed E-state index contributed by atoms with van der Waals surface area (Å²) in [5.41, 5.74) is 8.89. The van der Waals surface area contributed by atoms with Crippen molar-refractivity contribution in [3.8, 4) is 17.0 Å². The second-order valence-corrected chi connectivity index (χ2v) is 15.2. The number of hydrogen-bond donors (Lipinski definition) is 0. The van der Waals surface area contributed by atoms with Crippen LogP contribution in [0.3, 0.4) is 0 Å². The van der Waals surface area contributed by atoms with E-state index < -0.39 is 6.09 Å². The number of likely N-dealkylation sites (tertiary alicyclic amines) is 1. The molecular formula is C46H49N5O4. The average molecular weight is 736 g/mol. The summed E-state index contributed by atoms with van der Waals surface area (Å²) in [6.07, 6.45) is 4.62. The Hall–Kier alpha value is -5.67. The summed E-state index contributed by atoms with van der Waals surface area (Å²) in [4.78, 5) is 50.7. The SMILES string of the molecule is Cc1c(C(=O)N(C)c2ccccc2)cc(-c2cc3c(cc2C(=O)N2Cc4ccccc4C[C@H]2CN2CCCCC2)CN(C(=O)Oc2ccccc2)CC3)n1C. The summed E-state index contributed by atoms with van der Waals surface area (Å²) in [7, 11) is 3.76. The lowest BCUT2D eigenvalue weighted by Crippen LogP contribution is -2.51. The molecule has 3 aliphatic rings. The molecule has 9 nitrogen and oxygen atoms in total. The molecule has 9 heteroatoms. The summed E-state index contributed by atoms with van der Waals surface area (Å²) in [6, 6.07) is 33.3. The van der Waals surface area contributed by atoms with Gasteiger partial charge in [0.05, 0.1) is 5.56 Å². The summed E-state index contributed by atoms with van der Waals surface area (Å²) < 4.78 is 7.76. The Morgan fingerprint density at radius 3 is 2.18 bits per heavy atom. The molecule has 0 bridgehead atoms. The number of benzene rings is 4. The zero-order valence-electron chi connectivity index (χ0n) is 32.0. The summed E-state index contributed by atoms with van der Waals surface area (Å²) in [6.45, 7) is 6.24. The molecule has 4 aromatic carbocycles. The smallest absolute Gasteiger partial charge is 0.410 e. The Morgan fingerprint density at radius 2 is 1.44 bits per heavy atom. The number of fused-ring (bicyclic) bond motifs is 2. The molecule has 1 aromatic heterocycles. The first-order chi connectivity index (χ1) is 26.7. The van der Waals surface area contributed by atoms with Crippen molar-refractivity contribution < 1.29 is 19.1 Å². The number of ether oxygens (including phenoxy) is 1. The largest absolute Gasteiger partial charge is 0.415 e. The molecule has 0 radical (unpaired) electrons. The number of carbonyl (C=O) groups is 3. The monoisotopic (exact) mass is 735 g/mol. The predicted octanol–water partition coefficient (Wildman–Crippen LogP) is 7.89. The first-order valence-electron chi connectivity index (χ1n) is 19.5. The van der Waals surface area contributed by atoms with Gasteiger partial charge >= 0.3 is 6.09 Å². The Bertz CT molecular complexity index is 2210. The average Bonchev–Trinajstić information content (AvgIpc) is 3.52. The number of nitrogens with zero attached hydrogens (tertiary/aromatic N) is 5. The molecule has 1 atom stereocenters. The zero-order valence-corrected chi connectivity index (χ0v) is 32.0. The van der Waals surface area contributed by atoms with Crippen LogP contribution < -0.4 is 9.64 Å². The topological polar surface area (TPSA) is 78.3 Å². The zero-order chi connectivity index (χ0) is 38.1. The van der Waals surface area contributed by atoms with Crippen molar-refractivity contribution in [2.45, 2.75) is 58.2 Å². The number of amides is 3. The number of piperidine rings is 1. The van der Waals surface area contributed by atoms with Crippen molar-refractivity contribution in [2.75, 3.05) is 38.1 Å². The number of anilines is 1. The molecule has 0 N–H and O–H groups in total. The number of rotatable bonds is 7. The molecular weight excluding hydrogens is 687 g/mol. The molecule has 3 aliphatic heterocycles. The van der Waals surface area contributed by atoms with Gasteiger partial charge in [-0.15, -0.1) is 0 Å². The predicted molar refractivity (Wildman–Crippen MR) is 215 cm³/mol. The van der Waals surface area contributed by atoms with Crippen molar-refractivity contribution in [3.05, 3.63) is 142 Å². The Balaban J connectivity index is 1.19. The normalized spacial score (nSPS) is 17.0. The van der Waals surface area contributed by atoms with Crippen molar-refractivity contribution in [1.82, 2.24) is 19.3 Å². The van der Waals surface area contributed by atoms with E-state index >= 15 is 4.79 Å². The van der Waals surface area contributed by atoms with Crippen LogP contribution in [0.1, 0.15) is 67.9 Å². The summed E-state index contributed by atoms with van der Waals surface area (Å²) >= 11 is 0. The maximum atomic E-state index is 15.3. The van der Waals surface area contributed by atoms with Gasteiger partial charge in [-0.1, -0.05) is 67.1 Å². The third-order valence-electron chi connectivity index (χ3n) is 11.8. The second-order valence-electron chi connectivity index (χ2n) is 15.2. The molecule has 282 valence electrons. The van der Waals surface area contributed by atoms with E-state index in [4.69, 9.17) is 4.74 Å². The molecule has 1 fully saturated rings. The van der Waals surface area contributed by atoms with Gasteiger partial charge < -0.3 is 28.9 Å². The van der Waals surface area contributed by atoms with Gasteiger partial charge in [-0.25, -0.2) is 4.79 Å². The third kappa shape index (κ3) is 7.41. The first kappa shape index (κ1) is 36.3. The van der Waals surface area contributed by atoms with Crippen LogP contribution in [0.5, 0.6) is 5.75 Å². The quantitative estimate of drug-likeness (QED) is 0.170.